The molecule has 4 unspecified atom stereocenters. The Morgan fingerprint density at radius 2 is 1.68 bits per heavy atom. The minimum absolute atomic E-state index is 0.0434. The summed E-state index contributed by atoms with van der Waals surface area (Å²) in [5.74, 6) is 3.35. The second-order valence-electron chi connectivity index (χ2n) is 9.84. The average molecular weight is 348 g/mol. The van der Waals surface area contributed by atoms with Crippen LogP contribution in [0.25, 0.3) is 0 Å². The molecule has 4 N–H and O–H groups in total. The first-order chi connectivity index (χ1) is 11.7. The van der Waals surface area contributed by atoms with Crippen molar-refractivity contribution in [2.45, 2.75) is 82.7 Å². The van der Waals surface area contributed by atoms with E-state index in [1.54, 1.807) is 0 Å². The smallest absolute Gasteiger partial charge is 0.156 e. The lowest BCUT2D eigenvalue weighted by atomic mass is 9.43. The van der Waals surface area contributed by atoms with E-state index in [1.165, 1.54) is 0 Å². The molecule has 25 heavy (non-hydrogen) atoms. The number of terminal acetylenes is 1. The van der Waals surface area contributed by atoms with Gasteiger partial charge in [-0.25, -0.2) is 0 Å². The highest BCUT2D eigenvalue weighted by atomic mass is 16.3. The van der Waals surface area contributed by atoms with E-state index < -0.39 is 23.2 Å². The molecule has 0 spiro atoms. The number of hydrogen-bond donors (Lipinski definition) is 4. The molecule has 0 radical (unpaired) electrons. The fourth-order valence-electron chi connectivity index (χ4n) is 7.49. The summed E-state index contributed by atoms with van der Waals surface area (Å²) >= 11 is 0. The Morgan fingerprint density at radius 3 is 2.36 bits per heavy atom. The predicted octanol–water partition coefficient (Wildman–Crippen LogP) is 1.70. The number of aliphatic hydroxyl groups excluding tert-OH is 3. The van der Waals surface area contributed by atoms with Crippen molar-refractivity contribution < 1.29 is 20.4 Å². The van der Waals surface area contributed by atoms with Gasteiger partial charge in [0, 0.05) is 5.41 Å². The van der Waals surface area contributed by atoms with E-state index in [-0.39, 0.29) is 23.4 Å². The first-order valence-electron chi connectivity index (χ1n) is 9.91. The lowest BCUT2D eigenvalue weighted by Crippen LogP contribution is -2.60. The summed E-state index contributed by atoms with van der Waals surface area (Å²) in [7, 11) is 0. The summed E-state index contributed by atoms with van der Waals surface area (Å²) in [4.78, 5) is 0. The monoisotopic (exact) mass is 348 g/mol. The third-order valence-corrected chi connectivity index (χ3v) is 9.10. The number of hydrogen-bond acceptors (Lipinski definition) is 4. The zero-order valence-corrected chi connectivity index (χ0v) is 15.4. The SMILES string of the molecule is C#C[C@@]1(O)[C@H](O)CC2C3C(O)C[C@@H]4C[C@@H](O)CC[C@]4(C)C3CC[C@@]21C. The van der Waals surface area contributed by atoms with Crippen LogP contribution in [0.1, 0.15) is 58.8 Å². The van der Waals surface area contributed by atoms with Crippen LogP contribution in [0.15, 0.2) is 0 Å². The second kappa shape index (κ2) is 5.45. The summed E-state index contributed by atoms with van der Waals surface area (Å²) in [6, 6.07) is 0. The van der Waals surface area contributed by atoms with Gasteiger partial charge in [-0.15, -0.1) is 6.42 Å². The predicted molar refractivity (Wildman–Crippen MR) is 94.3 cm³/mol. The van der Waals surface area contributed by atoms with Crippen molar-refractivity contribution in [3.63, 3.8) is 0 Å². The van der Waals surface area contributed by atoms with Crippen molar-refractivity contribution in [1.29, 1.82) is 0 Å². The normalized spacial score (nSPS) is 60.9. The van der Waals surface area contributed by atoms with Gasteiger partial charge in [0.2, 0.25) is 0 Å². The van der Waals surface area contributed by atoms with Gasteiger partial charge in [-0.1, -0.05) is 19.8 Å². The number of aliphatic hydroxyl groups is 4. The van der Waals surface area contributed by atoms with Crippen LogP contribution in [0, 0.1) is 46.8 Å². The molecule has 0 aliphatic heterocycles. The molecule has 4 heteroatoms. The summed E-state index contributed by atoms with van der Waals surface area (Å²) in [5, 5.41) is 42.7. The largest absolute Gasteiger partial charge is 0.393 e. The first kappa shape index (κ1) is 17.8. The summed E-state index contributed by atoms with van der Waals surface area (Å²) in [6.45, 7) is 4.35. The molecule has 4 rings (SSSR count). The van der Waals surface area contributed by atoms with Gasteiger partial charge in [-0.3, -0.25) is 0 Å². The Kier molecular flexibility index (Phi) is 3.88. The standard InChI is InChI=1S/C21H32O4/c1-4-21(25)17(24)11-15-18-14(6-8-20(15,21)3)19(2)7-5-13(22)9-12(19)10-16(18)23/h1,12-18,22-25H,5-11H2,2-3H3/t12-,13-,14?,15?,16?,17+,18?,19-,20-,21+/m0/s1. The zero-order chi connectivity index (χ0) is 18.2. The third-order valence-electron chi connectivity index (χ3n) is 9.10. The lowest BCUT2D eigenvalue weighted by molar-refractivity contribution is -0.186. The van der Waals surface area contributed by atoms with Crippen LogP contribution in [0.2, 0.25) is 0 Å². The van der Waals surface area contributed by atoms with E-state index in [9.17, 15) is 20.4 Å². The van der Waals surface area contributed by atoms with Gasteiger partial charge in [0.05, 0.1) is 18.3 Å². The van der Waals surface area contributed by atoms with Gasteiger partial charge in [-0.2, -0.15) is 0 Å². The van der Waals surface area contributed by atoms with E-state index in [1.807, 2.05) is 6.92 Å². The molecular weight excluding hydrogens is 316 g/mol. The topological polar surface area (TPSA) is 80.9 Å². The van der Waals surface area contributed by atoms with Gasteiger partial charge < -0.3 is 20.4 Å². The lowest BCUT2D eigenvalue weighted by Gasteiger charge is -2.62. The van der Waals surface area contributed by atoms with Crippen LogP contribution in [0.4, 0.5) is 0 Å². The highest BCUT2D eigenvalue weighted by Gasteiger charge is 2.68. The highest BCUT2D eigenvalue weighted by Crippen LogP contribution is 2.68. The Morgan fingerprint density at radius 1 is 0.960 bits per heavy atom. The molecule has 4 saturated carbocycles. The molecular formula is C21H32O4. The molecule has 4 aliphatic carbocycles. The fourth-order valence-corrected chi connectivity index (χ4v) is 7.49. The molecule has 4 aliphatic rings. The minimum Gasteiger partial charge on any atom is -0.393 e. The Bertz CT molecular complexity index is 599. The first-order valence-corrected chi connectivity index (χ1v) is 9.91. The Labute approximate surface area is 150 Å². The third kappa shape index (κ3) is 2.10. The average Bonchev–Trinajstić information content (AvgIpc) is 2.77. The molecule has 0 aromatic heterocycles. The van der Waals surface area contributed by atoms with Crippen LogP contribution in [0.3, 0.4) is 0 Å². The van der Waals surface area contributed by atoms with Crippen molar-refractivity contribution in [3.05, 3.63) is 0 Å². The second-order valence-corrected chi connectivity index (χ2v) is 9.84. The molecule has 4 nitrogen and oxygen atoms in total. The molecule has 4 fully saturated rings. The van der Waals surface area contributed by atoms with E-state index in [2.05, 4.69) is 12.8 Å². The van der Waals surface area contributed by atoms with Crippen molar-refractivity contribution in [2.24, 2.45) is 34.5 Å². The van der Waals surface area contributed by atoms with Crippen LogP contribution >= 0.6 is 0 Å². The van der Waals surface area contributed by atoms with Gasteiger partial charge in [-0.05, 0) is 74.0 Å². The van der Waals surface area contributed by atoms with Crippen molar-refractivity contribution in [1.82, 2.24) is 0 Å². The van der Waals surface area contributed by atoms with Crippen LogP contribution in [-0.4, -0.2) is 44.3 Å². The summed E-state index contributed by atoms with van der Waals surface area (Å²) < 4.78 is 0. The van der Waals surface area contributed by atoms with E-state index >= 15 is 0 Å². The molecule has 0 heterocycles. The maximum absolute atomic E-state index is 11.0. The quantitative estimate of drug-likeness (QED) is 0.502. The molecule has 0 bridgehead atoms. The Hall–Kier alpha value is -0.600. The number of rotatable bonds is 0. The van der Waals surface area contributed by atoms with Gasteiger partial charge in [0.25, 0.3) is 0 Å². The van der Waals surface area contributed by atoms with E-state index in [0.717, 1.165) is 32.1 Å². The van der Waals surface area contributed by atoms with E-state index in [4.69, 9.17) is 6.42 Å². The maximum Gasteiger partial charge on any atom is 0.156 e. The summed E-state index contributed by atoms with van der Waals surface area (Å²) in [5.41, 5.74) is -1.91. The molecule has 0 aromatic rings. The molecule has 0 saturated heterocycles. The highest BCUT2D eigenvalue weighted by molar-refractivity contribution is 5.27. The summed E-state index contributed by atoms with van der Waals surface area (Å²) in [6.07, 6.45) is 9.57. The molecule has 0 aromatic carbocycles. The van der Waals surface area contributed by atoms with Crippen LogP contribution in [0.5, 0.6) is 0 Å². The zero-order valence-electron chi connectivity index (χ0n) is 15.4. The van der Waals surface area contributed by atoms with Crippen molar-refractivity contribution >= 4 is 0 Å². The molecule has 10 atom stereocenters. The molecule has 0 amide bonds. The Balaban J connectivity index is 1.72. The van der Waals surface area contributed by atoms with Crippen molar-refractivity contribution in [3.8, 4) is 12.3 Å². The van der Waals surface area contributed by atoms with Gasteiger partial charge in [0.1, 0.15) is 0 Å². The van der Waals surface area contributed by atoms with Gasteiger partial charge >= 0.3 is 0 Å². The van der Waals surface area contributed by atoms with Crippen molar-refractivity contribution in [2.75, 3.05) is 0 Å². The molecule has 140 valence electrons. The fraction of sp³-hybridized carbons (Fsp3) is 0.905. The van der Waals surface area contributed by atoms with Crippen LogP contribution < -0.4 is 0 Å². The number of fused-ring (bicyclic) bond motifs is 5. The van der Waals surface area contributed by atoms with Gasteiger partial charge in [0.15, 0.2) is 5.60 Å². The van der Waals surface area contributed by atoms with E-state index in [0.29, 0.717) is 24.7 Å². The maximum atomic E-state index is 11.0. The minimum atomic E-state index is -1.50. The van der Waals surface area contributed by atoms with Crippen LogP contribution in [-0.2, 0) is 0 Å².